The first-order chi connectivity index (χ1) is 9.05. The summed E-state index contributed by atoms with van der Waals surface area (Å²) in [5.41, 5.74) is 2.86. The number of nitrogens with one attached hydrogen (secondary N) is 1. The molecule has 0 aliphatic heterocycles. The van der Waals surface area contributed by atoms with Crippen molar-refractivity contribution in [3.8, 4) is 11.1 Å². The molecule has 0 spiro atoms. The molecule has 1 heterocycles. The molecule has 20 heavy (non-hydrogen) atoms. The van der Waals surface area contributed by atoms with Crippen LogP contribution in [0.5, 0.6) is 0 Å². The predicted octanol–water partition coefficient (Wildman–Crippen LogP) is 1.56. The van der Waals surface area contributed by atoms with Gasteiger partial charge in [0.15, 0.2) is 0 Å². The van der Waals surface area contributed by atoms with Crippen LogP contribution in [-0.2, 0) is 10.1 Å². The molecule has 1 aromatic heterocycles. The summed E-state index contributed by atoms with van der Waals surface area (Å²) in [5, 5.41) is -0.439. The molecule has 0 saturated carbocycles. The van der Waals surface area contributed by atoms with Gasteiger partial charge in [-0.1, -0.05) is 42.5 Å². The van der Waals surface area contributed by atoms with Crippen LogP contribution in [0.25, 0.3) is 22.2 Å². The molecule has 2 aromatic carbocycles. The molecule has 0 aliphatic rings. The van der Waals surface area contributed by atoms with E-state index in [-0.39, 0.29) is 37.7 Å². The summed E-state index contributed by atoms with van der Waals surface area (Å²) in [6, 6.07) is 14.9. The first kappa shape index (κ1) is 15.5. The van der Waals surface area contributed by atoms with Crippen LogP contribution < -0.4 is 0 Å². The van der Waals surface area contributed by atoms with Crippen molar-refractivity contribution in [3.05, 3.63) is 48.5 Å². The van der Waals surface area contributed by atoms with Gasteiger partial charge in [-0.05, 0) is 11.6 Å². The van der Waals surface area contributed by atoms with Crippen LogP contribution in [-0.4, -0.2) is 60.7 Å². The molecule has 100 valence electrons. The molecular formula is C13H12CaN2O3S. The van der Waals surface area contributed by atoms with Crippen molar-refractivity contribution in [1.29, 1.82) is 0 Å². The van der Waals surface area contributed by atoms with Crippen molar-refractivity contribution in [2.24, 2.45) is 0 Å². The van der Waals surface area contributed by atoms with Crippen LogP contribution >= 0.6 is 0 Å². The maximum atomic E-state index is 11.1. The molecule has 0 fully saturated rings. The van der Waals surface area contributed by atoms with Crippen molar-refractivity contribution >= 4 is 58.9 Å². The summed E-state index contributed by atoms with van der Waals surface area (Å²) in [7, 11) is -4.33. The monoisotopic (exact) mass is 316 g/mol. The fourth-order valence-electron chi connectivity index (χ4n) is 1.99. The van der Waals surface area contributed by atoms with Crippen LogP contribution in [0.4, 0.5) is 0 Å². The zero-order valence-corrected chi connectivity index (χ0v) is 10.6. The Bertz CT molecular complexity index is 844. The topological polar surface area (TPSA) is 83.1 Å². The maximum absolute atomic E-state index is 11.1. The number of fused-ring (bicyclic) bond motifs is 1. The Morgan fingerprint density at radius 2 is 1.70 bits per heavy atom. The molecule has 0 saturated heterocycles. The van der Waals surface area contributed by atoms with E-state index in [2.05, 4.69) is 9.97 Å². The summed E-state index contributed by atoms with van der Waals surface area (Å²) in [4.78, 5) is 6.53. The third-order valence-electron chi connectivity index (χ3n) is 2.83. The van der Waals surface area contributed by atoms with Crippen molar-refractivity contribution in [2.75, 3.05) is 0 Å². The van der Waals surface area contributed by atoms with Gasteiger partial charge in [0.2, 0.25) is 0 Å². The molecule has 0 aliphatic carbocycles. The van der Waals surface area contributed by atoms with E-state index in [9.17, 15) is 8.42 Å². The normalized spacial score (nSPS) is 11.2. The number of para-hydroxylation sites is 1. The second-order valence-corrected chi connectivity index (χ2v) is 5.42. The number of hydrogen-bond acceptors (Lipinski definition) is 3. The second kappa shape index (κ2) is 5.83. The number of H-pyrrole nitrogens is 1. The Morgan fingerprint density at radius 1 is 1.00 bits per heavy atom. The molecule has 0 atom stereocenters. The van der Waals surface area contributed by atoms with Gasteiger partial charge in [0.05, 0.1) is 11.0 Å². The Kier molecular flexibility index (Phi) is 4.51. The average Bonchev–Trinajstić information content (AvgIpc) is 2.83. The molecule has 0 bridgehead atoms. The number of imidazole rings is 1. The molecular weight excluding hydrogens is 304 g/mol. The third kappa shape index (κ3) is 2.89. The molecule has 2 N–H and O–H groups in total. The van der Waals surface area contributed by atoms with Gasteiger partial charge in [-0.15, -0.1) is 0 Å². The van der Waals surface area contributed by atoms with E-state index in [0.717, 1.165) is 11.1 Å². The van der Waals surface area contributed by atoms with E-state index in [1.54, 1.807) is 12.1 Å². The number of rotatable bonds is 2. The molecule has 0 unspecified atom stereocenters. The van der Waals surface area contributed by atoms with Gasteiger partial charge >= 0.3 is 47.9 Å². The minimum absolute atomic E-state index is 0. The SMILES string of the molecule is O=S(=O)(O)c1nc2cccc(-c3ccccc3)c2[nH]1.[CaH2]. The Balaban J connectivity index is 0.00000147. The number of aromatic amines is 1. The zero-order chi connectivity index (χ0) is 13.5. The van der Waals surface area contributed by atoms with E-state index < -0.39 is 15.3 Å². The van der Waals surface area contributed by atoms with E-state index in [4.69, 9.17) is 4.55 Å². The van der Waals surface area contributed by atoms with E-state index >= 15 is 0 Å². The minimum atomic E-state index is -4.33. The summed E-state index contributed by atoms with van der Waals surface area (Å²) < 4.78 is 31.3. The van der Waals surface area contributed by atoms with Gasteiger partial charge in [0.25, 0.3) is 5.16 Å². The van der Waals surface area contributed by atoms with E-state index in [1.807, 2.05) is 36.4 Å². The first-order valence-corrected chi connectivity index (χ1v) is 7.01. The van der Waals surface area contributed by atoms with Crippen LogP contribution in [0.3, 0.4) is 0 Å². The van der Waals surface area contributed by atoms with Crippen molar-refractivity contribution in [2.45, 2.75) is 5.16 Å². The van der Waals surface area contributed by atoms with Gasteiger partial charge in [-0.2, -0.15) is 8.42 Å². The van der Waals surface area contributed by atoms with Gasteiger partial charge in [-0.3, -0.25) is 4.55 Å². The Morgan fingerprint density at radius 3 is 2.35 bits per heavy atom. The fraction of sp³-hybridized carbons (Fsp3) is 0. The molecule has 3 aromatic rings. The van der Waals surface area contributed by atoms with Gasteiger partial charge in [0.1, 0.15) is 0 Å². The zero-order valence-electron chi connectivity index (χ0n) is 9.74. The van der Waals surface area contributed by atoms with Crippen LogP contribution in [0.15, 0.2) is 53.7 Å². The number of aromatic nitrogens is 2. The van der Waals surface area contributed by atoms with Crippen molar-refractivity contribution in [3.63, 3.8) is 0 Å². The first-order valence-electron chi connectivity index (χ1n) is 5.57. The molecule has 5 nitrogen and oxygen atoms in total. The molecule has 0 radical (unpaired) electrons. The average molecular weight is 316 g/mol. The number of benzene rings is 2. The van der Waals surface area contributed by atoms with Gasteiger partial charge in [-0.25, -0.2) is 4.98 Å². The molecule has 0 amide bonds. The van der Waals surface area contributed by atoms with Crippen LogP contribution in [0.1, 0.15) is 0 Å². The standard InChI is InChI=1S/C13H10N2O3S.Ca.2H/c16-19(17,18)13-14-11-8-4-7-10(12(11)15-13)9-5-2-1-3-6-9;;;/h1-8H,(H,14,15)(H,16,17,18);;;. The molecule has 7 heteroatoms. The van der Waals surface area contributed by atoms with Gasteiger partial charge in [0, 0.05) is 5.56 Å². The summed E-state index contributed by atoms with van der Waals surface area (Å²) >= 11 is 0. The third-order valence-corrected chi connectivity index (χ3v) is 3.51. The second-order valence-electron chi connectivity index (χ2n) is 4.08. The van der Waals surface area contributed by atoms with E-state index in [0.29, 0.717) is 11.0 Å². The summed E-state index contributed by atoms with van der Waals surface area (Å²) in [6.45, 7) is 0. The number of hydrogen-bond donors (Lipinski definition) is 2. The molecule has 3 rings (SSSR count). The van der Waals surface area contributed by atoms with Gasteiger partial charge < -0.3 is 4.98 Å². The summed E-state index contributed by atoms with van der Waals surface area (Å²) in [6.07, 6.45) is 0. The predicted molar refractivity (Wildman–Crippen MR) is 79.9 cm³/mol. The van der Waals surface area contributed by atoms with Crippen LogP contribution in [0.2, 0.25) is 0 Å². The quantitative estimate of drug-likeness (QED) is 0.555. The van der Waals surface area contributed by atoms with Crippen molar-refractivity contribution < 1.29 is 13.0 Å². The Labute approximate surface area is 145 Å². The number of nitrogens with zero attached hydrogens (tertiary/aromatic N) is 1. The summed E-state index contributed by atoms with van der Waals surface area (Å²) in [5.74, 6) is 0. The Hall–Kier alpha value is -0.920. The van der Waals surface area contributed by atoms with Crippen molar-refractivity contribution in [1.82, 2.24) is 9.97 Å². The van der Waals surface area contributed by atoms with Crippen LogP contribution in [0, 0.1) is 0 Å². The fourth-order valence-corrected chi connectivity index (χ4v) is 2.43. The van der Waals surface area contributed by atoms with E-state index in [1.165, 1.54) is 0 Å².